The van der Waals surface area contributed by atoms with E-state index >= 15 is 0 Å². The van der Waals surface area contributed by atoms with E-state index in [4.69, 9.17) is 28.9 Å². The van der Waals surface area contributed by atoms with Crippen molar-refractivity contribution in [1.82, 2.24) is 4.90 Å². The summed E-state index contributed by atoms with van der Waals surface area (Å²) >= 11 is 12.9. The van der Waals surface area contributed by atoms with Crippen molar-refractivity contribution < 1.29 is 23.9 Å². The zero-order valence-corrected chi connectivity index (χ0v) is 22.0. The number of methoxy groups -OCH3 is 1. The molecule has 2 aliphatic rings. The molecule has 2 aliphatic heterocycles. The third kappa shape index (κ3) is 6.04. The smallest absolute Gasteiger partial charge is 0.331 e. The number of carbonyl (C=O) groups excluding carboxylic acids is 4. The lowest BCUT2D eigenvalue weighted by Crippen LogP contribution is -2.42. The van der Waals surface area contributed by atoms with Crippen LogP contribution >= 0.6 is 35.0 Å². The maximum atomic E-state index is 13.2. The second kappa shape index (κ2) is 11.5. The van der Waals surface area contributed by atoms with Crippen molar-refractivity contribution in [3.63, 3.8) is 0 Å². The molecular formula is C25H22Cl2N4O5S. The van der Waals surface area contributed by atoms with Crippen LogP contribution in [0.4, 0.5) is 5.69 Å². The van der Waals surface area contributed by atoms with Crippen molar-refractivity contribution in [2.24, 2.45) is 10.7 Å². The van der Waals surface area contributed by atoms with E-state index in [2.05, 4.69) is 9.73 Å². The molecule has 192 valence electrons. The van der Waals surface area contributed by atoms with Gasteiger partial charge in [-0.3, -0.25) is 19.3 Å². The molecule has 3 amide bonds. The minimum absolute atomic E-state index is 0.0141. The average molecular weight is 561 g/mol. The molecule has 2 saturated heterocycles. The number of hydrogen-bond donors (Lipinski definition) is 1. The van der Waals surface area contributed by atoms with Crippen LogP contribution < -0.4 is 10.6 Å². The molecule has 2 N–H and O–H groups in total. The number of nitrogens with two attached hydrogens (primary N) is 1. The Morgan fingerprint density at radius 2 is 1.78 bits per heavy atom. The third-order valence-corrected chi connectivity index (χ3v) is 7.33. The van der Waals surface area contributed by atoms with Crippen molar-refractivity contribution in [3.8, 4) is 0 Å². The van der Waals surface area contributed by atoms with Gasteiger partial charge in [0.2, 0.25) is 0 Å². The number of halogens is 2. The first-order valence-corrected chi connectivity index (χ1v) is 12.8. The highest BCUT2D eigenvalue weighted by atomic mass is 35.5. The standard InChI is InChI=1S/C25H22Cl2N4O5S/c1-36-21(32)13-20-24(35)31(25(37-20)29-22(33)18-7-4-15(26)12-19(18)27)17-5-2-14(3-6-17)23(34)30-10-8-16(28)9-11-30/h2-7,12-13,16H,8-11,28H2,1H3. The minimum atomic E-state index is -0.730. The van der Waals surface area contributed by atoms with E-state index in [1.807, 2.05) is 0 Å². The van der Waals surface area contributed by atoms with Crippen LogP contribution in [0.1, 0.15) is 33.6 Å². The predicted octanol–water partition coefficient (Wildman–Crippen LogP) is 3.89. The Balaban J connectivity index is 1.65. The SMILES string of the molecule is COC(=O)C=C1SC(=NC(=O)c2ccc(Cl)cc2Cl)N(c2ccc(C(=O)N3CCC(N)CC3)cc2)C1=O. The molecule has 2 aromatic rings. The van der Waals surface area contributed by atoms with Gasteiger partial charge >= 0.3 is 5.97 Å². The van der Waals surface area contributed by atoms with Crippen molar-refractivity contribution >= 4 is 69.5 Å². The van der Waals surface area contributed by atoms with Gasteiger partial charge in [0, 0.05) is 35.8 Å². The number of carbonyl (C=O) groups is 4. The first kappa shape index (κ1) is 26.9. The van der Waals surface area contributed by atoms with Gasteiger partial charge in [0.05, 0.1) is 28.3 Å². The number of benzene rings is 2. The fraction of sp³-hybridized carbons (Fsp3) is 0.240. The van der Waals surface area contributed by atoms with Crippen LogP contribution in [0, 0.1) is 0 Å². The number of hydrogen-bond acceptors (Lipinski definition) is 7. The van der Waals surface area contributed by atoms with E-state index in [1.54, 1.807) is 29.2 Å². The number of aliphatic imine (C=N–C) groups is 1. The summed E-state index contributed by atoms with van der Waals surface area (Å²) in [5.74, 6) is -2.13. The maximum absolute atomic E-state index is 13.2. The lowest BCUT2D eigenvalue weighted by Gasteiger charge is -2.30. The summed E-state index contributed by atoms with van der Waals surface area (Å²) in [6.07, 6.45) is 2.51. The monoisotopic (exact) mass is 560 g/mol. The van der Waals surface area contributed by atoms with Crippen molar-refractivity contribution in [2.75, 3.05) is 25.1 Å². The third-order valence-electron chi connectivity index (χ3n) is 5.81. The fourth-order valence-electron chi connectivity index (χ4n) is 3.79. The van der Waals surface area contributed by atoms with Gasteiger partial charge in [0.25, 0.3) is 17.7 Å². The van der Waals surface area contributed by atoms with Crippen LogP contribution in [0.25, 0.3) is 0 Å². The number of piperidine rings is 1. The summed E-state index contributed by atoms with van der Waals surface area (Å²) in [5.41, 5.74) is 6.83. The zero-order chi connectivity index (χ0) is 26.7. The molecule has 2 aromatic carbocycles. The molecule has 0 bridgehead atoms. The highest BCUT2D eigenvalue weighted by Gasteiger charge is 2.36. The van der Waals surface area contributed by atoms with Gasteiger partial charge in [-0.25, -0.2) is 4.79 Å². The Morgan fingerprint density at radius 1 is 1.11 bits per heavy atom. The van der Waals surface area contributed by atoms with Crippen LogP contribution in [0.15, 0.2) is 58.4 Å². The Bertz CT molecular complexity index is 1320. The number of nitrogens with zero attached hydrogens (tertiary/aromatic N) is 3. The van der Waals surface area contributed by atoms with Gasteiger partial charge in [-0.15, -0.1) is 0 Å². The quantitative estimate of drug-likeness (QED) is 0.444. The van der Waals surface area contributed by atoms with E-state index in [1.165, 1.54) is 30.2 Å². The van der Waals surface area contributed by atoms with Crippen molar-refractivity contribution in [3.05, 3.63) is 74.6 Å². The molecule has 37 heavy (non-hydrogen) atoms. The summed E-state index contributed by atoms with van der Waals surface area (Å²) in [6.45, 7) is 1.16. The lowest BCUT2D eigenvalue weighted by atomic mass is 10.0. The van der Waals surface area contributed by atoms with Gasteiger partial charge < -0.3 is 15.4 Å². The first-order valence-electron chi connectivity index (χ1n) is 11.2. The predicted molar refractivity (Wildman–Crippen MR) is 143 cm³/mol. The molecule has 0 saturated carbocycles. The Morgan fingerprint density at radius 3 is 2.41 bits per heavy atom. The van der Waals surface area contributed by atoms with Crippen molar-refractivity contribution in [2.45, 2.75) is 18.9 Å². The molecule has 4 rings (SSSR count). The molecule has 0 atom stereocenters. The normalized spacial score (nSPS) is 18.5. The summed E-state index contributed by atoms with van der Waals surface area (Å²) in [6, 6.07) is 10.8. The summed E-state index contributed by atoms with van der Waals surface area (Å²) < 4.78 is 4.63. The van der Waals surface area contributed by atoms with Crippen LogP contribution in [0.2, 0.25) is 10.0 Å². The van der Waals surface area contributed by atoms with E-state index in [9.17, 15) is 19.2 Å². The molecule has 2 heterocycles. The van der Waals surface area contributed by atoms with E-state index in [-0.39, 0.29) is 32.6 Å². The summed E-state index contributed by atoms with van der Waals surface area (Å²) in [5, 5.41) is 0.474. The average Bonchev–Trinajstić information content (AvgIpc) is 3.17. The van der Waals surface area contributed by atoms with Gasteiger partial charge in [-0.1, -0.05) is 23.2 Å². The Hall–Kier alpha value is -3.18. The fourth-order valence-corrected chi connectivity index (χ4v) is 5.22. The van der Waals surface area contributed by atoms with Gasteiger partial charge in [0.1, 0.15) is 0 Å². The van der Waals surface area contributed by atoms with Gasteiger partial charge in [-0.2, -0.15) is 4.99 Å². The number of likely N-dealkylation sites (tertiary alicyclic amines) is 1. The highest BCUT2D eigenvalue weighted by Crippen LogP contribution is 2.35. The Kier molecular flexibility index (Phi) is 8.33. The van der Waals surface area contributed by atoms with E-state index in [0.717, 1.165) is 30.7 Å². The molecule has 0 spiro atoms. The molecule has 0 unspecified atom stereocenters. The first-order chi connectivity index (χ1) is 17.7. The second-order valence-corrected chi connectivity index (χ2v) is 10.1. The molecular weight excluding hydrogens is 539 g/mol. The molecule has 12 heteroatoms. The molecule has 2 fully saturated rings. The van der Waals surface area contributed by atoms with Crippen LogP contribution in [-0.2, 0) is 14.3 Å². The number of amides is 3. The van der Waals surface area contributed by atoms with Gasteiger partial charge in [-0.05, 0) is 67.1 Å². The number of esters is 1. The van der Waals surface area contributed by atoms with Crippen LogP contribution in [0.5, 0.6) is 0 Å². The number of thioether (sulfide) groups is 1. The number of amidine groups is 1. The maximum Gasteiger partial charge on any atom is 0.331 e. The second-order valence-electron chi connectivity index (χ2n) is 8.27. The van der Waals surface area contributed by atoms with Crippen LogP contribution in [0.3, 0.4) is 0 Å². The molecule has 0 radical (unpaired) electrons. The summed E-state index contributed by atoms with van der Waals surface area (Å²) in [7, 11) is 1.19. The topological polar surface area (TPSA) is 122 Å². The number of rotatable bonds is 4. The molecule has 9 nitrogen and oxygen atoms in total. The summed E-state index contributed by atoms with van der Waals surface area (Å²) in [4.78, 5) is 57.9. The zero-order valence-electron chi connectivity index (χ0n) is 19.6. The van der Waals surface area contributed by atoms with Gasteiger partial charge in [0.15, 0.2) is 5.17 Å². The Labute approximate surface area is 227 Å². The lowest BCUT2D eigenvalue weighted by molar-refractivity contribution is -0.135. The van der Waals surface area contributed by atoms with Crippen LogP contribution in [-0.4, -0.2) is 60.0 Å². The highest BCUT2D eigenvalue weighted by molar-refractivity contribution is 8.19. The van der Waals surface area contributed by atoms with Crippen molar-refractivity contribution in [1.29, 1.82) is 0 Å². The molecule has 0 aliphatic carbocycles. The number of ether oxygens (including phenoxy) is 1. The largest absolute Gasteiger partial charge is 0.466 e. The van der Waals surface area contributed by atoms with E-state index in [0.29, 0.717) is 29.4 Å². The molecule has 0 aromatic heterocycles. The van der Waals surface area contributed by atoms with E-state index < -0.39 is 17.8 Å². The number of anilines is 1. The minimum Gasteiger partial charge on any atom is -0.466 e.